The van der Waals surface area contributed by atoms with Crippen LogP contribution in [0.15, 0.2) is 18.2 Å². The first-order valence-corrected chi connectivity index (χ1v) is 8.77. The number of nitrogens with one attached hydrogen (secondary N) is 1. The maximum Gasteiger partial charge on any atom is 0.0415 e. The second-order valence-electron chi connectivity index (χ2n) is 7.12. The van der Waals surface area contributed by atoms with Crippen LogP contribution in [-0.2, 0) is 6.54 Å². The van der Waals surface area contributed by atoms with E-state index in [1.807, 2.05) is 6.07 Å². The van der Waals surface area contributed by atoms with Crippen molar-refractivity contribution >= 4 is 17.3 Å². The van der Waals surface area contributed by atoms with Crippen LogP contribution in [0.1, 0.15) is 45.1 Å². The minimum absolute atomic E-state index is 0.679. The van der Waals surface area contributed by atoms with E-state index in [4.69, 9.17) is 11.6 Å². The molecule has 0 heterocycles. The van der Waals surface area contributed by atoms with Crippen LogP contribution < -0.4 is 10.2 Å². The average molecular weight is 307 g/mol. The smallest absolute Gasteiger partial charge is 0.0415 e. The van der Waals surface area contributed by atoms with Crippen molar-refractivity contribution in [1.82, 2.24) is 5.32 Å². The molecule has 2 nitrogen and oxygen atoms in total. The first kappa shape index (κ1) is 15.2. The van der Waals surface area contributed by atoms with Crippen molar-refractivity contribution in [3.8, 4) is 0 Å². The summed E-state index contributed by atoms with van der Waals surface area (Å²) >= 11 is 6.23. The van der Waals surface area contributed by atoms with Crippen molar-refractivity contribution in [3.05, 3.63) is 28.8 Å². The van der Waals surface area contributed by atoms with Gasteiger partial charge in [-0.3, -0.25) is 0 Å². The second kappa shape index (κ2) is 6.58. The van der Waals surface area contributed by atoms with Crippen LogP contribution in [0.5, 0.6) is 0 Å². The van der Waals surface area contributed by atoms with E-state index in [9.17, 15) is 0 Å². The fourth-order valence-electron chi connectivity index (χ4n) is 2.88. The molecule has 2 fully saturated rings. The Morgan fingerprint density at radius 3 is 2.62 bits per heavy atom. The van der Waals surface area contributed by atoms with Crippen molar-refractivity contribution in [1.29, 1.82) is 0 Å². The molecule has 0 atom stereocenters. The Bertz CT molecular complexity index is 478. The van der Waals surface area contributed by atoms with E-state index in [2.05, 4.69) is 36.2 Å². The molecular weight excluding hydrogens is 280 g/mol. The molecule has 1 aromatic rings. The van der Waals surface area contributed by atoms with Crippen molar-refractivity contribution < 1.29 is 0 Å². The minimum atomic E-state index is 0.679. The van der Waals surface area contributed by atoms with Gasteiger partial charge in [-0.1, -0.05) is 25.4 Å². The number of anilines is 1. The monoisotopic (exact) mass is 306 g/mol. The molecule has 2 saturated carbocycles. The van der Waals surface area contributed by atoms with E-state index >= 15 is 0 Å². The highest BCUT2D eigenvalue weighted by Gasteiger charge is 2.34. The van der Waals surface area contributed by atoms with E-state index in [1.54, 1.807) is 0 Å². The van der Waals surface area contributed by atoms with Crippen molar-refractivity contribution in [2.45, 2.75) is 52.1 Å². The van der Waals surface area contributed by atoms with Gasteiger partial charge >= 0.3 is 0 Å². The minimum Gasteiger partial charge on any atom is -0.368 e. The predicted octanol–water partition coefficient (Wildman–Crippen LogP) is 4.46. The summed E-state index contributed by atoms with van der Waals surface area (Å²) in [6, 6.07) is 7.20. The summed E-state index contributed by atoms with van der Waals surface area (Å²) in [5.41, 5.74) is 2.76. The maximum absolute atomic E-state index is 6.23. The lowest BCUT2D eigenvalue weighted by Gasteiger charge is -2.27. The molecule has 0 unspecified atom stereocenters. The fraction of sp³-hybridized carbons (Fsp3) is 0.667. The van der Waals surface area contributed by atoms with E-state index in [1.165, 1.54) is 43.5 Å². The molecule has 2 aliphatic carbocycles. The molecule has 1 N–H and O–H groups in total. The van der Waals surface area contributed by atoms with Crippen LogP contribution in [0.4, 0.5) is 5.69 Å². The quantitative estimate of drug-likeness (QED) is 0.762. The van der Waals surface area contributed by atoms with E-state index in [0.717, 1.165) is 30.1 Å². The third-order valence-corrected chi connectivity index (χ3v) is 4.59. The summed E-state index contributed by atoms with van der Waals surface area (Å²) in [6.45, 7) is 7.70. The van der Waals surface area contributed by atoms with Crippen LogP contribution in [0.2, 0.25) is 5.02 Å². The molecule has 21 heavy (non-hydrogen) atoms. The first-order chi connectivity index (χ1) is 10.1. The zero-order chi connectivity index (χ0) is 14.8. The van der Waals surface area contributed by atoms with Crippen molar-refractivity contribution in [2.24, 2.45) is 11.8 Å². The van der Waals surface area contributed by atoms with Gasteiger partial charge in [0.1, 0.15) is 0 Å². The molecule has 0 bridgehead atoms. The van der Waals surface area contributed by atoms with Gasteiger partial charge in [-0.25, -0.2) is 0 Å². The molecule has 3 rings (SSSR count). The summed E-state index contributed by atoms with van der Waals surface area (Å²) in [6.07, 6.45) is 5.54. The largest absolute Gasteiger partial charge is 0.368 e. The summed E-state index contributed by atoms with van der Waals surface area (Å²) in [7, 11) is 0. The fourth-order valence-corrected chi connectivity index (χ4v) is 3.08. The molecule has 3 heteroatoms. The van der Waals surface area contributed by atoms with Gasteiger partial charge in [-0.15, -0.1) is 0 Å². The predicted molar refractivity (Wildman–Crippen MR) is 91.1 cm³/mol. The van der Waals surface area contributed by atoms with Crippen molar-refractivity contribution in [2.75, 3.05) is 18.0 Å². The molecule has 0 amide bonds. The Morgan fingerprint density at radius 1 is 1.24 bits per heavy atom. The Balaban J connectivity index is 1.74. The normalized spacial score (nSPS) is 18.3. The molecule has 0 spiro atoms. The lowest BCUT2D eigenvalue weighted by atomic mass is 10.1. The molecule has 0 saturated heterocycles. The molecule has 0 aliphatic heterocycles. The number of nitrogens with zero attached hydrogens (tertiary/aromatic N) is 1. The maximum atomic E-state index is 6.23. The van der Waals surface area contributed by atoms with Crippen LogP contribution in [0.3, 0.4) is 0 Å². The second-order valence-corrected chi connectivity index (χ2v) is 7.56. The van der Waals surface area contributed by atoms with Gasteiger partial charge in [0.05, 0.1) is 0 Å². The Hall–Kier alpha value is -0.730. The van der Waals surface area contributed by atoms with Gasteiger partial charge in [-0.05, 0) is 67.8 Å². The molecule has 1 aromatic carbocycles. The number of hydrogen-bond acceptors (Lipinski definition) is 2. The zero-order valence-electron chi connectivity index (χ0n) is 13.2. The van der Waals surface area contributed by atoms with Gasteiger partial charge in [0.15, 0.2) is 0 Å². The van der Waals surface area contributed by atoms with E-state index < -0.39 is 0 Å². The highest BCUT2D eigenvalue weighted by atomic mass is 35.5. The molecule has 0 radical (unpaired) electrons. The summed E-state index contributed by atoms with van der Waals surface area (Å²) in [5, 5.41) is 4.42. The van der Waals surface area contributed by atoms with Crippen molar-refractivity contribution in [3.63, 3.8) is 0 Å². The summed E-state index contributed by atoms with van der Waals surface area (Å²) in [4.78, 5) is 2.65. The Labute approximate surface area is 133 Å². The third-order valence-electron chi connectivity index (χ3n) is 4.36. The van der Waals surface area contributed by atoms with Crippen LogP contribution >= 0.6 is 11.6 Å². The molecule has 2 aliphatic rings. The number of benzene rings is 1. The number of hydrogen-bond donors (Lipinski definition) is 1. The highest BCUT2D eigenvalue weighted by Crippen LogP contribution is 2.39. The molecular formula is C18H27ClN2. The number of rotatable bonds is 8. The van der Waals surface area contributed by atoms with E-state index in [-0.39, 0.29) is 0 Å². The average Bonchev–Trinajstić information content (AvgIpc) is 3.30. The molecule has 0 aromatic heterocycles. The highest BCUT2D eigenvalue weighted by molar-refractivity contribution is 6.30. The van der Waals surface area contributed by atoms with Crippen LogP contribution in [0.25, 0.3) is 0 Å². The van der Waals surface area contributed by atoms with Gasteiger partial charge in [-0.2, -0.15) is 0 Å². The standard InChI is InChI=1S/C18H27ClN2/c1-13(2)10-20-11-15-9-16(19)5-8-18(15)21(17-6-7-17)12-14-3-4-14/h5,8-9,13-14,17,20H,3-4,6-7,10-12H2,1-2H3. The number of halogens is 1. The lowest BCUT2D eigenvalue weighted by molar-refractivity contribution is 0.551. The zero-order valence-corrected chi connectivity index (χ0v) is 14.0. The Morgan fingerprint density at radius 2 is 2.00 bits per heavy atom. The van der Waals surface area contributed by atoms with Crippen LogP contribution in [-0.4, -0.2) is 19.1 Å². The lowest BCUT2D eigenvalue weighted by Crippen LogP contribution is -2.30. The van der Waals surface area contributed by atoms with Crippen LogP contribution in [0, 0.1) is 11.8 Å². The van der Waals surface area contributed by atoms with Gasteiger partial charge in [0.25, 0.3) is 0 Å². The Kier molecular flexibility index (Phi) is 4.75. The van der Waals surface area contributed by atoms with Gasteiger partial charge in [0.2, 0.25) is 0 Å². The SMILES string of the molecule is CC(C)CNCc1cc(Cl)ccc1N(CC1CC1)C1CC1. The van der Waals surface area contributed by atoms with E-state index in [0.29, 0.717) is 5.92 Å². The molecule has 116 valence electrons. The third kappa shape index (κ3) is 4.37. The van der Waals surface area contributed by atoms with Gasteiger partial charge < -0.3 is 10.2 Å². The van der Waals surface area contributed by atoms with Gasteiger partial charge in [0, 0.05) is 29.8 Å². The topological polar surface area (TPSA) is 15.3 Å². The summed E-state index contributed by atoms with van der Waals surface area (Å²) < 4.78 is 0. The summed E-state index contributed by atoms with van der Waals surface area (Å²) in [5.74, 6) is 1.61. The first-order valence-electron chi connectivity index (χ1n) is 8.39.